The van der Waals surface area contributed by atoms with E-state index in [1.165, 1.54) is 17.3 Å². The van der Waals surface area contributed by atoms with E-state index in [9.17, 15) is 4.79 Å². The molecule has 0 fully saturated rings. The lowest BCUT2D eigenvalue weighted by atomic mass is 10.1. The predicted octanol–water partition coefficient (Wildman–Crippen LogP) is 5.67. The van der Waals surface area contributed by atoms with Crippen LogP contribution in [-0.4, -0.2) is 25.9 Å². The van der Waals surface area contributed by atoms with Gasteiger partial charge in [0, 0.05) is 16.9 Å². The maximum Gasteiger partial charge on any atom is 0.237 e. The normalized spacial score (nSPS) is 11.8. The topological polar surface area (TPSA) is 59.8 Å². The number of hydrogen-bond donors (Lipinski definition) is 1. The van der Waals surface area contributed by atoms with Gasteiger partial charge in [-0.3, -0.25) is 9.36 Å². The van der Waals surface area contributed by atoms with Crippen molar-refractivity contribution >= 4 is 23.4 Å². The number of aryl methyl sites for hydroxylation is 2. The highest BCUT2D eigenvalue weighted by molar-refractivity contribution is 8.00. The maximum atomic E-state index is 12.8. The molecule has 4 aromatic rings. The van der Waals surface area contributed by atoms with Crippen LogP contribution >= 0.6 is 11.8 Å². The minimum absolute atomic E-state index is 0.0740. The van der Waals surface area contributed by atoms with Crippen molar-refractivity contribution in [2.45, 2.75) is 31.2 Å². The number of thioether (sulfide) groups is 1. The number of carbonyl (C=O) groups is 1. The monoisotopic (exact) mass is 428 g/mol. The Balaban J connectivity index is 1.63. The summed E-state index contributed by atoms with van der Waals surface area (Å²) in [5.74, 6) is 0.676. The zero-order valence-corrected chi connectivity index (χ0v) is 18.6. The van der Waals surface area contributed by atoms with Crippen LogP contribution in [0.4, 0.5) is 5.69 Å². The Kier molecular flexibility index (Phi) is 6.18. The first-order valence-electron chi connectivity index (χ1n) is 10.1. The molecule has 1 unspecified atom stereocenters. The van der Waals surface area contributed by atoms with Crippen LogP contribution in [0.2, 0.25) is 0 Å². The molecule has 1 aromatic heterocycles. The lowest BCUT2D eigenvalue weighted by Crippen LogP contribution is -2.23. The molecular weight excluding hydrogens is 404 g/mol. The average Bonchev–Trinajstić information content (AvgIpc) is 3.18. The highest BCUT2D eigenvalue weighted by atomic mass is 32.2. The average molecular weight is 429 g/mol. The van der Waals surface area contributed by atoms with Gasteiger partial charge < -0.3 is 5.32 Å². The third-order valence-electron chi connectivity index (χ3n) is 4.89. The Morgan fingerprint density at radius 1 is 0.903 bits per heavy atom. The predicted molar refractivity (Wildman–Crippen MR) is 127 cm³/mol. The van der Waals surface area contributed by atoms with Crippen molar-refractivity contribution in [2.75, 3.05) is 5.32 Å². The van der Waals surface area contributed by atoms with Crippen molar-refractivity contribution in [2.24, 2.45) is 0 Å². The number of para-hydroxylation sites is 1. The number of amides is 1. The van der Waals surface area contributed by atoms with Crippen LogP contribution in [0.5, 0.6) is 0 Å². The van der Waals surface area contributed by atoms with Gasteiger partial charge in [0.1, 0.15) is 0 Å². The molecule has 1 amide bonds. The molecule has 0 aliphatic rings. The summed E-state index contributed by atoms with van der Waals surface area (Å²) in [6, 6.07) is 26.0. The first-order valence-corrected chi connectivity index (χ1v) is 11.0. The third-order valence-corrected chi connectivity index (χ3v) is 5.94. The highest BCUT2D eigenvalue weighted by Crippen LogP contribution is 2.30. The smallest absolute Gasteiger partial charge is 0.237 e. The van der Waals surface area contributed by atoms with Crippen molar-refractivity contribution in [3.8, 4) is 17.1 Å². The van der Waals surface area contributed by atoms with E-state index < -0.39 is 0 Å². The van der Waals surface area contributed by atoms with Gasteiger partial charge in [0.25, 0.3) is 0 Å². The van der Waals surface area contributed by atoms with Gasteiger partial charge in [0.2, 0.25) is 5.91 Å². The number of aromatic nitrogens is 3. The summed E-state index contributed by atoms with van der Waals surface area (Å²) in [4.78, 5) is 12.8. The van der Waals surface area contributed by atoms with Gasteiger partial charge in [-0.1, -0.05) is 71.9 Å². The molecule has 0 saturated heterocycles. The Morgan fingerprint density at radius 2 is 1.65 bits per heavy atom. The summed E-state index contributed by atoms with van der Waals surface area (Å²) < 4.78 is 2.01. The quantitative estimate of drug-likeness (QED) is 0.402. The van der Waals surface area contributed by atoms with E-state index in [2.05, 4.69) is 34.6 Å². The number of hydrogen-bond acceptors (Lipinski definition) is 4. The molecule has 0 saturated carbocycles. The minimum Gasteiger partial charge on any atom is -0.325 e. The molecule has 0 spiro atoms. The first-order chi connectivity index (χ1) is 15.0. The van der Waals surface area contributed by atoms with Crippen LogP contribution in [-0.2, 0) is 4.79 Å². The van der Waals surface area contributed by atoms with Gasteiger partial charge in [0.15, 0.2) is 11.0 Å². The van der Waals surface area contributed by atoms with Crippen LogP contribution in [0.25, 0.3) is 17.1 Å². The second-order valence-corrected chi connectivity index (χ2v) is 8.77. The fourth-order valence-corrected chi connectivity index (χ4v) is 4.09. The number of nitrogens with one attached hydrogen (secondary N) is 1. The van der Waals surface area contributed by atoms with Crippen molar-refractivity contribution in [1.82, 2.24) is 14.8 Å². The molecule has 5 nitrogen and oxygen atoms in total. The summed E-state index contributed by atoms with van der Waals surface area (Å²) in [7, 11) is 0. The molecule has 1 atom stereocenters. The molecule has 4 rings (SSSR count). The minimum atomic E-state index is -0.349. The lowest BCUT2D eigenvalue weighted by molar-refractivity contribution is -0.115. The Hall–Kier alpha value is -3.38. The van der Waals surface area contributed by atoms with Crippen molar-refractivity contribution < 1.29 is 4.79 Å². The molecule has 0 radical (unpaired) electrons. The number of nitrogens with zero attached hydrogens (tertiary/aromatic N) is 3. The van der Waals surface area contributed by atoms with Crippen molar-refractivity contribution in [3.63, 3.8) is 0 Å². The summed E-state index contributed by atoms with van der Waals surface area (Å²) in [5, 5.41) is 12.2. The number of anilines is 1. The molecular formula is C25H24N4OS. The number of rotatable bonds is 6. The summed E-state index contributed by atoms with van der Waals surface area (Å²) in [5.41, 5.74) is 5.01. The number of benzene rings is 3. The molecule has 3 aromatic carbocycles. The molecule has 156 valence electrons. The maximum absolute atomic E-state index is 12.8. The van der Waals surface area contributed by atoms with Crippen LogP contribution in [0.15, 0.2) is 84.0 Å². The van der Waals surface area contributed by atoms with Gasteiger partial charge in [-0.25, -0.2) is 0 Å². The summed E-state index contributed by atoms with van der Waals surface area (Å²) in [6.07, 6.45) is 0. The molecule has 1 heterocycles. The van der Waals surface area contributed by atoms with Gasteiger partial charge >= 0.3 is 0 Å². The Morgan fingerprint density at radius 3 is 2.35 bits per heavy atom. The second kappa shape index (κ2) is 9.18. The van der Waals surface area contributed by atoms with Crippen LogP contribution in [0.1, 0.15) is 18.1 Å². The van der Waals surface area contributed by atoms with Gasteiger partial charge in [-0.15, -0.1) is 10.2 Å². The second-order valence-electron chi connectivity index (χ2n) is 7.46. The first kappa shape index (κ1) is 20.9. The van der Waals surface area contributed by atoms with Gasteiger partial charge in [-0.05, 0) is 50.6 Å². The van der Waals surface area contributed by atoms with Gasteiger partial charge in [-0.2, -0.15) is 0 Å². The fourth-order valence-electron chi connectivity index (χ4n) is 3.22. The molecule has 6 heteroatoms. The third kappa shape index (κ3) is 4.86. The Labute approximate surface area is 186 Å². The van der Waals surface area contributed by atoms with E-state index in [1.807, 2.05) is 85.1 Å². The zero-order valence-electron chi connectivity index (χ0n) is 17.7. The van der Waals surface area contributed by atoms with Gasteiger partial charge in [0.05, 0.1) is 5.25 Å². The molecule has 31 heavy (non-hydrogen) atoms. The van der Waals surface area contributed by atoms with Crippen LogP contribution in [0, 0.1) is 13.8 Å². The SMILES string of the molecule is Cc1ccc(-c2nnc(SC(C)C(=O)Nc3cccc(C)c3)n2-c2ccccc2)cc1. The molecule has 0 aliphatic carbocycles. The van der Waals surface area contributed by atoms with Crippen LogP contribution < -0.4 is 5.32 Å². The number of carbonyl (C=O) groups excluding carboxylic acids is 1. The van der Waals surface area contributed by atoms with Crippen molar-refractivity contribution in [3.05, 3.63) is 90.0 Å². The fraction of sp³-hybridized carbons (Fsp3) is 0.160. The van der Waals surface area contributed by atoms with Crippen LogP contribution in [0.3, 0.4) is 0 Å². The molecule has 0 bridgehead atoms. The lowest BCUT2D eigenvalue weighted by Gasteiger charge is -2.14. The standard InChI is InChI=1S/C25H24N4OS/c1-17-12-14-20(15-13-17)23-27-28-25(29(23)22-10-5-4-6-11-22)31-19(3)24(30)26-21-9-7-8-18(2)16-21/h4-16,19H,1-3H3,(H,26,30). The highest BCUT2D eigenvalue weighted by Gasteiger charge is 2.22. The summed E-state index contributed by atoms with van der Waals surface area (Å²) >= 11 is 1.39. The van der Waals surface area contributed by atoms with Crippen molar-refractivity contribution in [1.29, 1.82) is 0 Å². The molecule has 0 aliphatic heterocycles. The summed E-state index contributed by atoms with van der Waals surface area (Å²) in [6.45, 7) is 5.94. The Bertz CT molecular complexity index is 1190. The zero-order chi connectivity index (χ0) is 21.8. The van der Waals surface area contributed by atoms with E-state index in [0.717, 1.165) is 28.3 Å². The van der Waals surface area contributed by atoms with E-state index >= 15 is 0 Å². The van der Waals surface area contributed by atoms with E-state index in [4.69, 9.17) is 0 Å². The largest absolute Gasteiger partial charge is 0.325 e. The van der Waals surface area contributed by atoms with E-state index in [0.29, 0.717) is 5.16 Å². The molecule has 1 N–H and O–H groups in total. The van der Waals surface area contributed by atoms with E-state index in [1.54, 1.807) is 0 Å². The van der Waals surface area contributed by atoms with E-state index in [-0.39, 0.29) is 11.2 Å².